The first kappa shape index (κ1) is 19.4. The molecule has 1 heterocycles. The fourth-order valence-electron chi connectivity index (χ4n) is 2.36. The Labute approximate surface area is 137 Å². The Morgan fingerprint density at radius 1 is 0.909 bits per heavy atom. The molecular weight excluding hydrogens is 328 g/mol. The summed E-state index contributed by atoms with van der Waals surface area (Å²) in [5.74, 6) is 0.621. The minimum absolute atomic E-state index is 0.621. The average Bonchev–Trinajstić information content (AvgIpc) is 2.31. The van der Waals surface area contributed by atoms with Crippen LogP contribution < -0.4 is 5.32 Å². The highest BCUT2D eigenvalue weighted by atomic mass is 28.5. The molecule has 9 heteroatoms. The summed E-state index contributed by atoms with van der Waals surface area (Å²) in [5.41, 5.74) is 0. The van der Waals surface area contributed by atoms with Gasteiger partial charge in [0.15, 0.2) is 16.6 Å². The molecule has 0 radical (unpaired) electrons. The lowest BCUT2D eigenvalue weighted by atomic mass is 10.5. The van der Waals surface area contributed by atoms with Crippen LogP contribution in [0.1, 0.15) is 6.42 Å². The highest BCUT2D eigenvalue weighted by Gasteiger charge is 2.39. The maximum absolute atomic E-state index is 6.47. The number of aromatic nitrogens is 3. The van der Waals surface area contributed by atoms with Gasteiger partial charge in [0.1, 0.15) is 12.7 Å². The predicted molar refractivity (Wildman–Crippen MR) is 98.2 cm³/mol. The van der Waals surface area contributed by atoms with E-state index in [0.29, 0.717) is 5.95 Å². The predicted octanol–water partition coefficient (Wildman–Crippen LogP) is 3.45. The zero-order valence-electron chi connectivity index (χ0n) is 14.9. The van der Waals surface area contributed by atoms with E-state index in [1.54, 1.807) is 0 Å². The summed E-state index contributed by atoms with van der Waals surface area (Å²) in [5, 5.41) is 3.21. The third-order valence-electron chi connectivity index (χ3n) is 2.63. The molecule has 0 aromatic carbocycles. The number of hydrogen-bond acceptors (Lipinski definition) is 6. The number of anilines is 1. The van der Waals surface area contributed by atoms with Crippen molar-refractivity contribution in [2.24, 2.45) is 0 Å². The van der Waals surface area contributed by atoms with Gasteiger partial charge in [0.05, 0.1) is 0 Å². The Bertz CT molecular complexity index is 433. The van der Waals surface area contributed by atoms with Crippen molar-refractivity contribution in [2.75, 3.05) is 11.9 Å². The minimum atomic E-state index is -2.13. The van der Waals surface area contributed by atoms with Gasteiger partial charge < -0.3 is 13.5 Å². The molecule has 22 heavy (non-hydrogen) atoms. The highest BCUT2D eigenvalue weighted by molar-refractivity contribution is 6.87. The second-order valence-corrected chi connectivity index (χ2v) is 20.4. The first-order valence-corrected chi connectivity index (χ1v) is 17.1. The Morgan fingerprint density at radius 3 is 1.86 bits per heavy atom. The zero-order chi connectivity index (χ0) is 16.9. The summed E-state index contributed by atoms with van der Waals surface area (Å²) >= 11 is 0. The van der Waals surface area contributed by atoms with E-state index in [0.717, 1.165) is 19.0 Å². The van der Waals surface area contributed by atoms with Crippen molar-refractivity contribution >= 4 is 31.1 Å². The van der Waals surface area contributed by atoms with Crippen molar-refractivity contribution in [1.29, 1.82) is 0 Å². The maximum atomic E-state index is 6.47. The van der Waals surface area contributed by atoms with E-state index in [9.17, 15) is 0 Å². The molecule has 1 N–H and O–H groups in total. The molecule has 0 amide bonds. The molecule has 0 aliphatic rings. The van der Waals surface area contributed by atoms with Crippen LogP contribution in [-0.2, 0) is 8.23 Å². The largest absolute Gasteiger partial charge is 0.437 e. The van der Waals surface area contributed by atoms with Crippen LogP contribution in [0.25, 0.3) is 0 Å². The van der Waals surface area contributed by atoms with E-state index < -0.39 is 25.2 Å². The van der Waals surface area contributed by atoms with Gasteiger partial charge in [-0.2, -0.15) is 0 Å². The Kier molecular flexibility index (Phi) is 6.86. The molecule has 6 nitrogen and oxygen atoms in total. The second kappa shape index (κ2) is 7.77. The fraction of sp³-hybridized carbons (Fsp3) is 0.769. The molecule has 0 saturated carbocycles. The monoisotopic (exact) mass is 358 g/mol. The lowest BCUT2D eigenvalue weighted by molar-refractivity contribution is 0.382. The van der Waals surface area contributed by atoms with Gasteiger partial charge in [-0.3, -0.25) is 0 Å². The first-order valence-electron chi connectivity index (χ1n) is 7.75. The number of nitrogens with zero attached hydrogens (tertiary/aromatic N) is 3. The molecule has 1 rings (SSSR count). The van der Waals surface area contributed by atoms with E-state index in [2.05, 4.69) is 66.1 Å². The van der Waals surface area contributed by atoms with Gasteiger partial charge in [-0.15, -0.1) is 0 Å². The van der Waals surface area contributed by atoms with E-state index in [4.69, 9.17) is 8.23 Å². The summed E-state index contributed by atoms with van der Waals surface area (Å²) in [7, 11) is -5.35. The molecule has 126 valence electrons. The maximum Gasteiger partial charge on any atom is 0.314 e. The van der Waals surface area contributed by atoms with Crippen molar-refractivity contribution in [1.82, 2.24) is 15.0 Å². The minimum Gasteiger partial charge on any atom is -0.437 e. The summed E-state index contributed by atoms with van der Waals surface area (Å²) in [4.78, 5) is 11.9. The molecule has 0 aliphatic heterocycles. The van der Waals surface area contributed by atoms with Crippen molar-refractivity contribution < 1.29 is 8.23 Å². The van der Waals surface area contributed by atoms with Gasteiger partial charge in [0.2, 0.25) is 5.95 Å². The smallest absolute Gasteiger partial charge is 0.314 e. The number of nitrogens with one attached hydrogen (secondary N) is 1. The third kappa shape index (κ3) is 8.73. The highest BCUT2D eigenvalue weighted by Crippen LogP contribution is 2.25. The standard InChI is InChI=1S/C13H30N4O2Si3/c1-20(2,3)18-22(7,19-21(4,5)6)10-8-9-15-13-16-11-14-12-17-13/h11-12H,8-10H2,1-7H3,(H,14,15,16,17). The topological polar surface area (TPSA) is 69.2 Å². The molecule has 0 spiro atoms. The Hall–Kier alpha value is -0.619. The summed E-state index contributed by atoms with van der Waals surface area (Å²) < 4.78 is 12.9. The zero-order valence-corrected chi connectivity index (χ0v) is 17.9. The second-order valence-electron chi connectivity index (χ2n) is 7.55. The molecule has 1 aromatic rings. The normalized spacial score (nSPS) is 13.2. The van der Waals surface area contributed by atoms with Crippen molar-refractivity contribution in [3.05, 3.63) is 12.7 Å². The van der Waals surface area contributed by atoms with E-state index >= 15 is 0 Å². The third-order valence-corrected chi connectivity index (χ3v) is 12.2. The fourth-order valence-corrected chi connectivity index (χ4v) is 14.9. The van der Waals surface area contributed by atoms with Gasteiger partial charge in [-0.25, -0.2) is 15.0 Å². The van der Waals surface area contributed by atoms with E-state index in [1.165, 1.54) is 12.7 Å². The van der Waals surface area contributed by atoms with Crippen molar-refractivity contribution in [2.45, 2.75) is 58.3 Å². The molecular formula is C13H30N4O2Si3. The first-order chi connectivity index (χ1) is 9.99. The van der Waals surface area contributed by atoms with Crippen LogP contribution in [0.4, 0.5) is 5.95 Å². The average molecular weight is 359 g/mol. The molecule has 1 aromatic heterocycles. The molecule has 0 fully saturated rings. The van der Waals surface area contributed by atoms with Gasteiger partial charge in [0.25, 0.3) is 0 Å². The van der Waals surface area contributed by atoms with E-state index in [-0.39, 0.29) is 0 Å². The quantitative estimate of drug-likeness (QED) is 0.538. The van der Waals surface area contributed by atoms with Crippen molar-refractivity contribution in [3.8, 4) is 0 Å². The van der Waals surface area contributed by atoms with Crippen LogP contribution in [0.15, 0.2) is 12.7 Å². The van der Waals surface area contributed by atoms with E-state index in [1.807, 2.05) is 0 Å². The SMILES string of the molecule is C[Si](C)(C)O[Si](C)(CCCNc1ncncn1)O[Si](C)(C)C. The number of rotatable bonds is 9. The van der Waals surface area contributed by atoms with Crippen LogP contribution in [-0.4, -0.2) is 46.7 Å². The van der Waals surface area contributed by atoms with Gasteiger partial charge >= 0.3 is 8.56 Å². The van der Waals surface area contributed by atoms with Gasteiger partial charge in [0, 0.05) is 6.54 Å². The molecule has 0 aliphatic carbocycles. The summed E-state index contributed by atoms with van der Waals surface area (Å²) in [6, 6.07) is 0.986. The number of hydrogen-bond donors (Lipinski definition) is 1. The van der Waals surface area contributed by atoms with Crippen LogP contribution >= 0.6 is 0 Å². The summed E-state index contributed by atoms with van der Waals surface area (Å²) in [6.45, 7) is 16.4. The lowest BCUT2D eigenvalue weighted by Crippen LogP contribution is -2.52. The molecule has 0 saturated heterocycles. The van der Waals surface area contributed by atoms with Gasteiger partial charge in [-0.05, 0) is 58.3 Å². The van der Waals surface area contributed by atoms with Gasteiger partial charge in [-0.1, -0.05) is 0 Å². The van der Waals surface area contributed by atoms with Crippen molar-refractivity contribution in [3.63, 3.8) is 0 Å². The Balaban J connectivity index is 2.53. The lowest BCUT2D eigenvalue weighted by Gasteiger charge is -2.38. The Morgan fingerprint density at radius 2 is 1.41 bits per heavy atom. The molecule has 0 unspecified atom stereocenters. The van der Waals surface area contributed by atoms with Crippen LogP contribution in [0.2, 0.25) is 51.9 Å². The molecule has 0 bridgehead atoms. The van der Waals surface area contributed by atoms with Crippen LogP contribution in [0, 0.1) is 0 Å². The summed E-state index contributed by atoms with van der Waals surface area (Å²) in [6.07, 6.45) is 3.98. The van der Waals surface area contributed by atoms with Crippen LogP contribution in [0.3, 0.4) is 0 Å². The molecule has 0 atom stereocenters. The van der Waals surface area contributed by atoms with Crippen LogP contribution in [0.5, 0.6) is 0 Å².